The lowest BCUT2D eigenvalue weighted by molar-refractivity contribution is 0.0909. The molecule has 14 heavy (non-hydrogen) atoms. The lowest BCUT2D eigenvalue weighted by atomic mass is 9.93. The van der Waals surface area contributed by atoms with Crippen LogP contribution in [0.4, 0.5) is 4.39 Å². The zero-order valence-corrected chi connectivity index (χ0v) is 8.60. The molecule has 3 heteroatoms. The molecule has 0 atom stereocenters. The van der Waals surface area contributed by atoms with Crippen LogP contribution in [0.3, 0.4) is 0 Å². The van der Waals surface area contributed by atoms with Crippen LogP contribution in [-0.2, 0) is 0 Å². The zero-order chi connectivity index (χ0) is 10.9. The van der Waals surface area contributed by atoms with Crippen LogP contribution in [0, 0.1) is 12.7 Å². The maximum absolute atomic E-state index is 13.3. The highest BCUT2D eigenvalue weighted by Gasteiger charge is 2.25. The van der Waals surface area contributed by atoms with Gasteiger partial charge >= 0.3 is 0 Å². The van der Waals surface area contributed by atoms with E-state index in [2.05, 4.69) is 0 Å². The van der Waals surface area contributed by atoms with Crippen molar-refractivity contribution < 1.29 is 9.18 Å². The fourth-order valence-electron chi connectivity index (χ4n) is 1.16. The molecule has 0 saturated carbocycles. The molecule has 0 aliphatic rings. The van der Waals surface area contributed by atoms with E-state index in [1.807, 2.05) is 0 Å². The minimum Gasteiger partial charge on any atom is -0.319 e. The van der Waals surface area contributed by atoms with Gasteiger partial charge in [0.25, 0.3) is 0 Å². The molecule has 2 nitrogen and oxygen atoms in total. The molecule has 0 aliphatic carbocycles. The van der Waals surface area contributed by atoms with E-state index in [-0.39, 0.29) is 11.3 Å². The van der Waals surface area contributed by atoms with Gasteiger partial charge < -0.3 is 5.73 Å². The molecule has 1 rings (SSSR count). The first-order valence-corrected chi connectivity index (χ1v) is 4.42. The number of carbonyl (C=O) groups is 1. The fourth-order valence-corrected chi connectivity index (χ4v) is 1.16. The Morgan fingerprint density at radius 2 is 2.00 bits per heavy atom. The van der Waals surface area contributed by atoms with Gasteiger partial charge in [0.05, 0.1) is 11.1 Å². The number of benzene rings is 1. The van der Waals surface area contributed by atoms with Gasteiger partial charge in [-0.3, -0.25) is 4.79 Å². The van der Waals surface area contributed by atoms with Gasteiger partial charge in [0.15, 0.2) is 5.78 Å². The Morgan fingerprint density at radius 3 is 2.50 bits per heavy atom. The first kappa shape index (κ1) is 10.9. The molecule has 76 valence electrons. The largest absolute Gasteiger partial charge is 0.319 e. The normalized spacial score (nSPS) is 11.5. The van der Waals surface area contributed by atoms with Gasteiger partial charge in [-0.2, -0.15) is 0 Å². The zero-order valence-electron chi connectivity index (χ0n) is 8.60. The Balaban J connectivity index is 3.19. The summed E-state index contributed by atoms with van der Waals surface area (Å²) in [6, 6.07) is 4.43. The second-order valence-electron chi connectivity index (χ2n) is 4.03. The van der Waals surface area contributed by atoms with Crippen LogP contribution in [0.25, 0.3) is 0 Å². The molecular weight excluding hydrogens is 181 g/mol. The van der Waals surface area contributed by atoms with Crippen molar-refractivity contribution in [2.75, 3.05) is 0 Å². The highest BCUT2D eigenvalue weighted by Crippen LogP contribution is 2.15. The number of Topliss-reactive ketones (excluding diaryl/α,β-unsaturated/α-hetero) is 1. The summed E-state index contributed by atoms with van der Waals surface area (Å²) < 4.78 is 13.3. The highest BCUT2D eigenvalue weighted by molar-refractivity contribution is 6.02. The molecule has 0 radical (unpaired) electrons. The van der Waals surface area contributed by atoms with Crippen LogP contribution in [0.2, 0.25) is 0 Å². The topological polar surface area (TPSA) is 43.1 Å². The second-order valence-corrected chi connectivity index (χ2v) is 4.03. The minimum absolute atomic E-state index is 0.0671. The standard InChI is InChI=1S/C11H14FNO/c1-7-4-5-9(12)8(6-7)10(14)11(2,3)13/h4-6H,13H2,1-3H3. The smallest absolute Gasteiger partial charge is 0.185 e. The van der Waals surface area contributed by atoms with Gasteiger partial charge in [-0.05, 0) is 32.9 Å². The molecule has 0 amide bonds. The number of nitrogens with two attached hydrogens (primary N) is 1. The van der Waals surface area contributed by atoms with Crippen molar-refractivity contribution >= 4 is 5.78 Å². The van der Waals surface area contributed by atoms with E-state index in [4.69, 9.17) is 5.73 Å². The van der Waals surface area contributed by atoms with Crippen LogP contribution < -0.4 is 5.73 Å². The lowest BCUT2D eigenvalue weighted by Crippen LogP contribution is -2.41. The van der Waals surface area contributed by atoms with Crippen LogP contribution in [0.1, 0.15) is 29.8 Å². The molecule has 1 aromatic rings. The van der Waals surface area contributed by atoms with Gasteiger partial charge in [0.1, 0.15) is 5.82 Å². The number of carbonyl (C=O) groups excluding carboxylic acids is 1. The van der Waals surface area contributed by atoms with E-state index in [9.17, 15) is 9.18 Å². The summed E-state index contributed by atoms with van der Waals surface area (Å²) in [7, 11) is 0. The van der Waals surface area contributed by atoms with Crippen molar-refractivity contribution in [3.05, 3.63) is 35.1 Å². The Morgan fingerprint density at radius 1 is 1.43 bits per heavy atom. The van der Waals surface area contributed by atoms with Crippen molar-refractivity contribution in [1.82, 2.24) is 0 Å². The average Bonchev–Trinajstić information content (AvgIpc) is 2.06. The SMILES string of the molecule is Cc1ccc(F)c(C(=O)C(C)(C)N)c1. The minimum atomic E-state index is -1.03. The predicted octanol–water partition coefficient (Wildman–Crippen LogP) is 2.05. The number of hydrogen-bond donors (Lipinski definition) is 1. The monoisotopic (exact) mass is 195 g/mol. The molecule has 0 heterocycles. The highest BCUT2D eigenvalue weighted by atomic mass is 19.1. The summed E-state index contributed by atoms with van der Waals surface area (Å²) in [4.78, 5) is 11.7. The van der Waals surface area contributed by atoms with Crippen molar-refractivity contribution in [2.24, 2.45) is 5.73 Å². The maximum atomic E-state index is 13.3. The number of halogens is 1. The van der Waals surface area contributed by atoms with Gasteiger partial charge in [-0.15, -0.1) is 0 Å². The number of hydrogen-bond acceptors (Lipinski definition) is 2. The first-order chi connectivity index (χ1) is 6.32. The van der Waals surface area contributed by atoms with Crippen molar-refractivity contribution in [3.63, 3.8) is 0 Å². The van der Waals surface area contributed by atoms with E-state index in [0.29, 0.717) is 0 Å². The van der Waals surface area contributed by atoms with Gasteiger partial charge in [-0.25, -0.2) is 4.39 Å². The van der Waals surface area contributed by atoms with E-state index in [0.717, 1.165) is 5.56 Å². The van der Waals surface area contributed by atoms with Crippen LogP contribution in [0.15, 0.2) is 18.2 Å². The molecule has 1 aromatic carbocycles. The Hall–Kier alpha value is -1.22. The summed E-state index contributed by atoms with van der Waals surface area (Å²) in [5, 5.41) is 0. The van der Waals surface area contributed by atoms with Gasteiger partial charge in [0, 0.05) is 0 Å². The Bertz CT molecular complexity index is 366. The fraction of sp³-hybridized carbons (Fsp3) is 0.364. The maximum Gasteiger partial charge on any atom is 0.185 e. The van der Waals surface area contributed by atoms with Crippen LogP contribution in [-0.4, -0.2) is 11.3 Å². The summed E-state index contributed by atoms with van der Waals surface area (Å²) in [5.74, 6) is -0.891. The predicted molar refractivity (Wildman–Crippen MR) is 53.7 cm³/mol. The molecule has 0 aliphatic heterocycles. The molecule has 0 unspecified atom stereocenters. The molecule has 0 saturated heterocycles. The number of rotatable bonds is 2. The summed E-state index contributed by atoms with van der Waals surface area (Å²) in [6.45, 7) is 4.94. The quantitative estimate of drug-likeness (QED) is 0.734. The van der Waals surface area contributed by atoms with E-state index in [1.165, 1.54) is 12.1 Å². The second kappa shape index (κ2) is 3.50. The molecule has 2 N–H and O–H groups in total. The third-order valence-corrected chi connectivity index (χ3v) is 1.95. The molecule has 0 bridgehead atoms. The molecule has 0 fully saturated rings. The summed E-state index contributed by atoms with van der Waals surface area (Å²) >= 11 is 0. The number of aryl methyl sites for hydroxylation is 1. The van der Waals surface area contributed by atoms with Crippen molar-refractivity contribution in [2.45, 2.75) is 26.3 Å². The average molecular weight is 195 g/mol. The first-order valence-electron chi connectivity index (χ1n) is 4.42. The summed E-state index contributed by atoms with van der Waals surface area (Å²) in [6.07, 6.45) is 0. The van der Waals surface area contributed by atoms with E-state index >= 15 is 0 Å². The van der Waals surface area contributed by atoms with Crippen molar-refractivity contribution in [3.8, 4) is 0 Å². The Labute approximate surface area is 82.9 Å². The van der Waals surface area contributed by atoms with Crippen molar-refractivity contribution in [1.29, 1.82) is 0 Å². The number of ketones is 1. The van der Waals surface area contributed by atoms with Gasteiger partial charge in [0.2, 0.25) is 0 Å². The molecular formula is C11H14FNO. The lowest BCUT2D eigenvalue weighted by Gasteiger charge is -2.17. The van der Waals surface area contributed by atoms with Gasteiger partial charge in [-0.1, -0.05) is 11.6 Å². The molecule has 0 aromatic heterocycles. The van der Waals surface area contributed by atoms with Crippen LogP contribution >= 0.6 is 0 Å². The third-order valence-electron chi connectivity index (χ3n) is 1.95. The van der Waals surface area contributed by atoms with Crippen LogP contribution in [0.5, 0.6) is 0 Å². The summed E-state index contributed by atoms with van der Waals surface area (Å²) in [5.41, 5.74) is 5.49. The van der Waals surface area contributed by atoms with E-state index < -0.39 is 11.4 Å². The third kappa shape index (κ3) is 2.17. The van der Waals surface area contributed by atoms with E-state index in [1.54, 1.807) is 26.8 Å². The Kier molecular flexibility index (Phi) is 2.71. The molecule has 0 spiro atoms.